The van der Waals surface area contributed by atoms with Crippen molar-refractivity contribution in [1.29, 1.82) is 0 Å². The quantitative estimate of drug-likeness (QED) is 0.0877. The Labute approximate surface area is 267 Å². The molecule has 45 heavy (non-hydrogen) atoms. The van der Waals surface area contributed by atoms with E-state index in [9.17, 15) is 29.4 Å². The van der Waals surface area contributed by atoms with Crippen LogP contribution >= 0.6 is 0 Å². The van der Waals surface area contributed by atoms with E-state index in [1.165, 1.54) is 64.8 Å². The van der Waals surface area contributed by atoms with Crippen LogP contribution in [0.4, 0.5) is 0 Å². The Morgan fingerprint density at radius 2 is 1.20 bits per heavy atom. The highest BCUT2D eigenvalue weighted by atomic mass is 16.3. The van der Waals surface area contributed by atoms with Crippen molar-refractivity contribution < 1.29 is 29.4 Å². The summed E-state index contributed by atoms with van der Waals surface area (Å²) in [6, 6.07) is 3.89. The summed E-state index contributed by atoms with van der Waals surface area (Å²) in [7, 11) is 1.38. The molecule has 2 aromatic rings. The van der Waals surface area contributed by atoms with E-state index < -0.39 is 49.1 Å². The summed E-state index contributed by atoms with van der Waals surface area (Å²) in [4.78, 5) is 54.2. The molecule has 0 bridgehead atoms. The lowest BCUT2D eigenvalue weighted by Crippen LogP contribution is -2.58. The van der Waals surface area contributed by atoms with Gasteiger partial charge in [0.1, 0.15) is 18.1 Å². The molecule has 1 heterocycles. The van der Waals surface area contributed by atoms with Crippen LogP contribution in [-0.2, 0) is 25.6 Å². The van der Waals surface area contributed by atoms with Crippen LogP contribution in [0, 0.1) is 0 Å². The number of amides is 4. The Bertz CT molecular complexity index is 1170. The minimum atomic E-state index is -1.25. The van der Waals surface area contributed by atoms with Crippen LogP contribution in [0.25, 0.3) is 10.9 Å². The van der Waals surface area contributed by atoms with Gasteiger partial charge >= 0.3 is 0 Å². The van der Waals surface area contributed by atoms with Crippen molar-refractivity contribution in [2.75, 3.05) is 20.3 Å². The van der Waals surface area contributed by atoms with Crippen LogP contribution in [0.15, 0.2) is 30.5 Å². The lowest BCUT2D eigenvalue weighted by molar-refractivity contribution is -0.134. The molecule has 0 radical (unpaired) electrons. The summed E-state index contributed by atoms with van der Waals surface area (Å²) in [5.41, 5.74) is 1.60. The standard InChI is InChI=1S/C34H55N5O6/c1-3-4-5-6-7-8-9-10-11-12-13-14-15-20-31(42)37-30(24-41)34(45)38-28(33(44)39-29(23-40)32(43)35-2)21-25-22-36-27-19-17-16-18-26(25)27/h16-19,22,28-30,36,40-41H,3-15,20-21,23-24H2,1-2H3,(H,35,43)(H,37,42)(H,38,45)(H,39,44). The molecule has 0 saturated carbocycles. The van der Waals surface area contributed by atoms with E-state index in [-0.39, 0.29) is 18.7 Å². The van der Waals surface area contributed by atoms with E-state index in [0.717, 1.165) is 35.7 Å². The van der Waals surface area contributed by atoms with E-state index in [2.05, 4.69) is 33.2 Å². The number of aliphatic hydroxyl groups is 2. The summed E-state index contributed by atoms with van der Waals surface area (Å²) >= 11 is 0. The third-order valence-corrected chi connectivity index (χ3v) is 8.14. The number of aromatic nitrogens is 1. The van der Waals surface area contributed by atoms with E-state index in [1.807, 2.05) is 24.3 Å². The molecule has 11 nitrogen and oxygen atoms in total. The summed E-state index contributed by atoms with van der Waals surface area (Å²) in [6.07, 6.45) is 17.6. The van der Waals surface area contributed by atoms with Gasteiger partial charge in [-0.3, -0.25) is 19.2 Å². The van der Waals surface area contributed by atoms with Crippen molar-refractivity contribution in [2.45, 2.75) is 121 Å². The fraction of sp³-hybridized carbons (Fsp3) is 0.647. The highest BCUT2D eigenvalue weighted by Gasteiger charge is 2.29. The number of aliphatic hydroxyl groups excluding tert-OH is 2. The number of benzene rings is 1. The first-order chi connectivity index (χ1) is 21.8. The lowest BCUT2D eigenvalue weighted by atomic mass is 10.0. The maximum absolute atomic E-state index is 13.2. The number of hydrogen-bond acceptors (Lipinski definition) is 6. The predicted molar refractivity (Wildman–Crippen MR) is 176 cm³/mol. The van der Waals surface area contributed by atoms with Gasteiger partial charge in [0, 0.05) is 37.0 Å². The molecule has 7 N–H and O–H groups in total. The number of hydrogen-bond donors (Lipinski definition) is 7. The van der Waals surface area contributed by atoms with Crippen LogP contribution in [0.5, 0.6) is 0 Å². The molecule has 4 amide bonds. The van der Waals surface area contributed by atoms with E-state index in [0.29, 0.717) is 6.42 Å². The minimum Gasteiger partial charge on any atom is -0.394 e. The molecule has 2 rings (SSSR count). The van der Waals surface area contributed by atoms with Gasteiger partial charge in [0.25, 0.3) is 0 Å². The number of nitrogens with one attached hydrogen (secondary N) is 5. The molecule has 252 valence electrons. The molecule has 3 unspecified atom stereocenters. The molecule has 0 aliphatic rings. The first kappa shape index (κ1) is 37.7. The third-order valence-electron chi connectivity index (χ3n) is 8.14. The second-order valence-corrected chi connectivity index (χ2v) is 11.8. The van der Waals surface area contributed by atoms with Crippen LogP contribution in [0.1, 0.15) is 102 Å². The number of H-pyrrole nitrogens is 1. The normalized spacial score (nSPS) is 13.2. The van der Waals surface area contributed by atoms with Gasteiger partial charge in [-0.05, 0) is 18.1 Å². The van der Waals surface area contributed by atoms with Gasteiger partial charge in [-0.25, -0.2) is 0 Å². The van der Waals surface area contributed by atoms with Gasteiger partial charge in [0.2, 0.25) is 23.6 Å². The molecule has 0 saturated heterocycles. The molecule has 3 atom stereocenters. The zero-order chi connectivity index (χ0) is 32.9. The number of fused-ring (bicyclic) bond motifs is 1. The Balaban J connectivity index is 1.84. The smallest absolute Gasteiger partial charge is 0.245 e. The minimum absolute atomic E-state index is 0.0680. The van der Waals surface area contributed by atoms with Gasteiger partial charge in [0.05, 0.1) is 13.2 Å². The van der Waals surface area contributed by atoms with E-state index in [1.54, 1.807) is 6.20 Å². The van der Waals surface area contributed by atoms with Crippen molar-refractivity contribution in [3.63, 3.8) is 0 Å². The van der Waals surface area contributed by atoms with Gasteiger partial charge < -0.3 is 36.5 Å². The topological polar surface area (TPSA) is 173 Å². The third kappa shape index (κ3) is 14.0. The number of carbonyl (C=O) groups excluding carboxylic acids is 4. The molecule has 0 fully saturated rings. The second-order valence-electron chi connectivity index (χ2n) is 11.8. The first-order valence-electron chi connectivity index (χ1n) is 16.7. The second kappa shape index (κ2) is 22.1. The summed E-state index contributed by atoms with van der Waals surface area (Å²) in [5.74, 6) is -2.34. The molecule has 0 aliphatic carbocycles. The zero-order valence-corrected chi connectivity index (χ0v) is 27.2. The van der Waals surface area contributed by atoms with Gasteiger partial charge in [-0.15, -0.1) is 0 Å². The van der Waals surface area contributed by atoms with Gasteiger partial charge in [-0.1, -0.05) is 102 Å². The fourth-order valence-electron chi connectivity index (χ4n) is 5.41. The average molecular weight is 630 g/mol. The Morgan fingerprint density at radius 1 is 0.689 bits per heavy atom. The molecular weight excluding hydrogens is 574 g/mol. The van der Waals surface area contributed by atoms with Gasteiger partial charge in [0.15, 0.2) is 0 Å². The molecule has 1 aromatic carbocycles. The summed E-state index contributed by atoms with van der Waals surface area (Å²) < 4.78 is 0. The molecular formula is C34H55N5O6. The van der Waals surface area contributed by atoms with Gasteiger partial charge in [-0.2, -0.15) is 0 Å². The Kier molecular flexibility index (Phi) is 18.6. The van der Waals surface area contributed by atoms with Crippen molar-refractivity contribution in [2.24, 2.45) is 0 Å². The monoisotopic (exact) mass is 629 g/mol. The average Bonchev–Trinajstić information content (AvgIpc) is 3.46. The molecule has 1 aromatic heterocycles. The highest BCUT2D eigenvalue weighted by molar-refractivity contribution is 5.95. The van der Waals surface area contributed by atoms with Crippen LogP contribution in [0.2, 0.25) is 0 Å². The largest absolute Gasteiger partial charge is 0.394 e. The lowest BCUT2D eigenvalue weighted by Gasteiger charge is -2.24. The van der Waals surface area contributed by atoms with Crippen molar-refractivity contribution >= 4 is 34.5 Å². The zero-order valence-electron chi connectivity index (χ0n) is 27.2. The van der Waals surface area contributed by atoms with Crippen molar-refractivity contribution in [3.05, 3.63) is 36.0 Å². The Hall–Kier alpha value is -3.44. The SMILES string of the molecule is CCCCCCCCCCCCCCCC(=O)NC(CO)C(=O)NC(Cc1c[nH]c2ccccc12)C(=O)NC(CO)C(=O)NC. The molecule has 11 heteroatoms. The number of aromatic amines is 1. The van der Waals surface area contributed by atoms with Crippen molar-refractivity contribution in [3.8, 4) is 0 Å². The number of unbranched alkanes of at least 4 members (excludes halogenated alkanes) is 12. The van der Waals surface area contributed by atoms with Crippen LogP contribution in [0.3, 0.4) is 0 Å². The molecule has 0 spiro atoms. The number of carbonyl (C=O) groups is 4. The van der Waals surface area contributed by atoms with E-state index >= 15 is 0 Å². The Morgan fingerprint density at radius 3 is 1.78 bits per heavy atom. The van der Waals surface area contributed by atoms with Crippen LogP contribution < -0.4 is 21.3 Å². The maximum atomic E-state index is 13.2. The van der Waals surface area contributed by atoms with Crippen LogP contribution in [-0.4, -0.2) is 77.2 Å². The number of para-hydroxylation sites is 1. The molecule has 0 aliphatic heterocycles. The summed E-state index contributed by atoms with van der Waals surface area (Å²) in [6.45, 7) is 0.960. The predicted octanol–water partition coefficient (Wildman–Crippen LogP) is 3.38. The highest BCUT2D eigenvalue weighted by Crippen LogP contribution is 2.19. The first-order valence-corrected chi connectivity index (χ1v) is 16.7. The van der Waals surface area contributed by atoms with Crippen molar-refractivity contribution in [1.82, 2.24) is 26.3 Å². The maximum Gasteiger partial charge on any atom is 0.245 e. The van der Waals surface area contributed by atoms with E-state index in [4.69, 9.17) is 0 Å². The number of likely N-dealkylation sites (N-methyl/N-ethyl adjacent to an activating group) is 1. The summed E-state index contributed by atoms with van der Waals surface area (Å²) in [5, 5.41) is 30.4. The number of rotatable bonds is 24. The fourth-order valence-corrected chi connectivity index (χ4v) is 5.41.